The Morgan fingerprint density at radius 2 is 1.94 bits per heavy atom. The Hall–Kier alpha value is -3.23. The molecule has 0 saturated carbocycles. The van der Waals surface area contributed by atoms with Gasteiger partial charge < -0.3 is 14.4 Å². The molecule has 2 aliphatic rings. The highest BCUT2D eigenvalue weighted by Crippen LogP contribution is 2.44. The van der Waals surface area contributed by atoms with Gasteiger partial charge in [-0.3, -0.25) is 9.67 Å². The van der Waals surface area contributed by atoms with Crippen molar-refractivity contribution in [2.45, 2.75) is 57.8 Å². The number of carbonyl (C=O) groups is 1. The van der Waals surface area contributed by atoms with E-state index in [1.807, 2.05) is 31.5 Å². The molecule has 2 aliphatic heterocycles. The van der Waals surface area contributed by atoms with Gasteiger partial charge in [0.25, 0.3) is 0 Å². The molecule has 1 unspecified atom stereocenters. The van der Waals surface area contributed by atoms with Gasteiger partial charge in [0.1, 0.15) is 11.4 Å². The summed E-state index contributed by atoms with van der Waals surface area (Å²) >= 11 is 0. The van der Waals surface area contributed by atoms with Crippen LogP contribution in [0.1, 0.15) is 39.3 Å². The highest BCUT2D eigenvalue weighted by atomic mass is 19.3. The number of benzene rings is 1. The third-order valence-corrected chi connectivity index (χ3v) is 6.30. The van der Waals surface area contributed by atoms with Gasteiger partial charge in [-0.15, -0.1) is 0 Å². The van der Waals surface area contributed by atoms with E-state index in [2.05, 4.69) is 15.8 Å². The third-order valence-electron chi connectivity index (χ3n) is 6.30. The van der Waals surface area contributed by atoms with Gasteiger partial charge in [0.15, 0.2) is 0 Å². The summed E-state index contributed by atoms with van der Waals surface area (Å²) in [7, 11) is 0. The maximum Gasteiger partial charge on any atom is 0.410 e. The number of halogens is 2. The summed E-state index contributed by atoms with van der Waals surface area (Å²) in [6, 6.07) is 8.63. The maximum atomic E-state index is 12.6. The minimum absolute atomic E-state index is 0.0935. The fraction of sp³-hybridized carbons (Fsp3) is 0.458. The van der Waals surface area contributed by atoms with Crippen LogP contribution in [0.3, 0.4) is 0 Å². The molecule has 1 saturated heterocycles. The van der Waals surface area contributed by atoms with Crippen molar-refractivity contribution in [3.05, 3.63) is 42.2 Å². The van der Waals surface area contributed by atoms with E-state index >= 15 is 0 Å². The van der Waals surface area contributed by atoms with Crippen LogP contribution in [0, 0.1) is 0 Å². The molecule has 0 N–H and O–H groups in total. The van der Waals surface area contributed by atoms with Crippen LogP contribution in [-0.2, 0) is 16.7 Å². The second kappa shape index (κ2) is 7.67. The van der Waals surface area contributed by atoms with E-state index in [1.165, 1.54) is 6.07 Å². The number of nitrogens with zero attached hydrogens (tertiary/aromatic N) is 4. The van der Waals surface area contributed by atoms with Crippen molar-refractivity contribution < 1.29 is 23.0 Å². The molecule has 174 valence electrons. The topological polar surface area (TPSA) is 69.5 Å². The Bertz CT molecular complexity index is 1220. The molecular formula is C24H26F2N4O3. The molecule has 1 spiro atoms. The molecule has 0 radical (unpaired) electrons. The van der Waals surface area contributed by atoms with Gasteiger partial charge in [0, 0.05) is 47.9 Å². The zero-order valence-corrected chi connectivity index (χ0v) is 18.8. The van der Waals surface area contributed by atoms with Crippen LogP contribution in [0.25, 0.3) is 22.2 Å². The highest BCUT2D eigenvalue weighted by molar-refractivity contribution is 5.84. The predicted octanol–water partition coefficient (Wildman–Crippen LogP) is 4.98. The van der Waals surface area contributed by atoms with Crippen LogP contribution in [0.4, 0.5) is 13.6 Å². The summed E-state index contributed by atoms with van der Waals surface area (Å²) < 4.78 is 37.2. The fourth-order valence-corrected chi connectivity index (χ4v) is 4.80. The molecule has 1 atom stereocenters. The number of likely N-dealkylation sites (tertiary alicyclic amines) is 1. The van der Waals surface area contributed by atoms with Gasteiger partial charge in [0.05, 0.1) is 11.2 Å². The lowest BCUT2D eigenvalue weighted by Gasteiger charge is -2.26. The minimum Gasteiger partial charge on any atom is -0.444 e. The van der Waals surface area contributed by atoms with Crippen LogP contribution in [0.5, 0.6) is 5.75 Å². The average Bonchev–Trinajstić information content (AvgIpc) is 3.43. The van der Waals surface area contributed by atoms with Crippen LogP contribution >= 0.6 is 0 Å². The number of rotatable bonds is 3. The first-order valence-corrected chi connectivity index (χ1v) is 11.0. The second-order valence-electron chi connectivity index (χ2n) is 9.78. The van der Waals surface area contributed by atoms with Gasteiger partial charge in [0.2, 0.25) is 0 Å². The van der Waals surface area contributed by atoms with E-state index in [0.717, 1.165) is 36.3 Å². The van der Waals surface area contributed by atoms with Crippen molar-refractivity contribution in [3.8, 4) is 17.0 Å². The van der Waals surface area contributed by atoms with E-state index < -0.39 is 12.2 Å². The summed E-state index contributed by atoms with van der Waals surface area (Å²) in [5.74, 6) is 0.0935. The van der Waals surface area contributed by atoms with E-state index in [0.29, 0.717) is 24.0 Å². The Balaban J connectivity index is 1.41. The van der Waals surface area contributed by atoms with Crippen LogP contribution in [0.15, 0.2) is 36.5 Å². The summed E-state index contributed by atoms with van der Waals surface area (Å²) in [5, 5.41) is 5.48. The molecular weight excluding hydrogens is 430 g/mol. The number of hydrogen-bond donors (Lipinski definition) is 0. The Morgan fingerprint density at radius 1 is 1.15 bits per heavy atom. The lowest BCUT2D eigenvalue weighted by Crippen LogP contribution is -2.37. The van der Waals surface area contributed by atoms with Gasteiger partial charge in [-0.1, -0.05) is 0 Å². The number of hydrogen-bond acceptors (Lipinski definition) is 5. The number of ether oxygens (including phenoxy) is 2. The van der Waals surface area contributed by atoms with Crippen LogP contribution < -0.4 is 4.74 Å². The number of carbonyl (C=O) groups excluding carboxylic acids is 1. The zero-order chi connectivity index (χ0) is 23.4. The fourth-order valence-electron chi connectivity index (χ4n) is 4.80. The monoisotopic (exact) mass is 456 g/mol. The molecule has 9 heteroatoms. The molecule has 1 amide bonds. The lowest BCUT2D eigenvalue weighted by molar-refractivity contribution is -0.0497. The van der Waals surface area contributed by atoms with Gasteiger partial charge in [-0.05, 0) is 63.9 Å². The van der Waals surface area contributed by atoms with E-state index in [1.54, 1.807) is 23.2 Å². The van der Waals surface area contributed by atoms with Crippen molar-refractivity contribution in [1.29, 1.82) is 0 Å². The van der Waals surface area contributed by atoms with Crippen molar-refractivity contribution >= 4 is 17.0 Å². The third kappa shape index (κ3) is 4.12. The average molecular weight is 456 g/mol. The highest BCUT2D eigenvalue weighted by Gasteiger charge is 2.47. The molecule has 0 aliphatic carbocycles. The van der Waals surface area contributed by atoms with Crippen LogP contribution in [0.2, 0.25) is 0 Å². The van der Waals surface area contributed by atoms with Crippen molar-refractivity contribution in [2.24, 2.45) is 0 Å². The summed E-state index contributed by atoms with van der Waals surface area (Å²) in [6.07, 6.45) is 3.25. The smallest absolute Gasteiger partial charge is 0.410 e. The van der Waals surface area contributed by atoms with Crippen LogP contribution in [-0.4, -0.2) is 51.1 Å². The number of aryl methyl sites for hydroxylation is 1. The Morgan fingerprint density at radius 3 is 2.70 bits per heavy atom. The number of alkyl halides is 2. The van der Waals surface area contributed by atoms with Crippen molar-refractivity contribution in [3.63, 3.8) is 0 Å². The van der Waals surface area contributed by atoms with Crippen molar-refractivity contribution in [1.82, 2.24) is 19.7 Å². The molecule has 2 aromatic heterocycles. The molecule has 5 rings (SSSR count). The van der Waals surface area contributed by atoms with E-state index in [-0.39, 0.29) is 17.3 Å². The molecule has 1 aromatic carbocycles. The normalized spacial score (nSPS) is 20.1. The summed E-state index contributed by atoms with van der Waals surface area (Å²) in [5.41, 5.74) is 2.71. The summed E-state index contributed by atoms with van der Waals surface area (Å²) in [6.45, 7) is 4.77. The molecule has 3 aromatic rings. The quantitative estimate of drug-likeness (QED) is 0.556. The first kappa shape index (κ1) is 21.6. The number of pyridine rings is 1. The van der Waals surface area contributed by atoms with Gasteiger partial charge >= 0.3 is 12.7 Å². The minimum atomic E-state index is -2.88. The van der Waals surface area contributed by atoms with Gasteiger partial charge in [-0.25, -0.2) is 4.79 Å². The molecule has 33 heavy (non-hydrogen) atoms. The molecule has 4 heterocycles. The number of aromatic nitrogens is 3. The maximum absolute atomic E-state index is 12.6. The lowest BCUT2D eigenvalue weighted by atomic mass is 9.82. The second-order valence-corrected chi connectivity index (χ2v) is 9.78. The van der Waals surface area contributed by atoms with E-state index in [4.69, 9.17) is 9.84 Å². The Labute approximate surface area is 190 Å². The van der Waals surface area contributed by atoms with E-state index in [9.17, 15) is 13.6 Å². The standard InChI is InChI=1S/C24H26F2N4O3/c1-23(2,3)33-22(31)29-8-6-24(14-29)7-9-30-20(24)12-19(28-30)16-10-15-11-17(32-21(25)26)4-5-18(15)27-13-16/h4-5,10-13,21H,6-9,14H2,1-3H3. The number of fused-ring (bicyclic) bond motifs is 3. The molecule has 0 bridgehead atoms. The molecule has 7 nitrogen and oxygen atoms in total. The first-order valence-electron chi connectivity index (χ1n) is 11.0. The SMILES string of the molecule is CC(C)(C)OC(=O)N1CCC2(CCn3nc(-c4cnc5ccc(OC(F)F)cc5c4)cc32)C1. The van der Waals surface area contributed by atoms with Crippen molar-refractivity contribution in [2.75, 3.05) is 13.1 Å². The zero-order valence-electron chi connectivity index (χ0n) is 18.8. The first-order chi connectivity index (χ1) is 15.6. The predicted molar refractivity (Wildman–Crippen MR) is 118 cm³/mol. The largest absolute Gasteiger partial charge is 0.444 e. The van der Waals surface area contributed by atoms with Gasteiger partial charge in [-0.2, -0.15) is 13.9 Å². The Kier molecular flexibility index (Phi) is 5.02. The summed E-state index contributed by atoms with van der Waals surface area (Å²) in [4.78, 5) is 18.8. The molecule has 1 fully saturated rings. The number of amides is 1.